The van der Waals surface area contributed by atoms with Crippen LogP contribution in [0.1, 0.15) is 19.4 Å². The first kappa shape index (κ1) is 12.4. The van der Waals surface area contributed by atoms with Gasteiger partial charge < -0.3 is 0 Å². The summed E-state index contributed by atoms with van der Waals surface area (Å²) in [5.41, 5.74) is 9.82. The van der Waals surface area contributed by atoms with E-state index in [1.807, 2.05) is 18.2 Å². The van der Waals surface area contributed by atoms with Crippen LogP contribution in [0.3, 0.4) is 0 Å². The number of rotatable bonds is 3. The molecular formula is C11H12BrHgN3. The molecular weight excluding hydrogens is 455 g/mol. The molecule has 0 spiro atoms. The molecule has 0 saturated heterocycles. The van der Waals surface area contributed by atoms with Crippen molar-refractivity contribution in [3.63, 3.8) is 0 Å². The zero-order valence-corrected chi connectivity index (χ0v) is 16.5. The van der Waals surface area contributed by atoms with Gasteiger partial charge in [-0.25, -0.2) is 0 Å². The summed E-state index contributed by atoms with van der Waals surface area (Å²) in [6.45, 7) is 4.42. The molecule has 0 heterocycles. The molecule has 0 radical (unpaired) electrons. The monoisotopic (exact) mass is 467 g/mol. The molecule has 2 atom stereocenters. The Hall–Kier alpha value is -0.0549. The van der Waals surface area contributed by atoms with Gasteiger partial charge in [0.25, 0.3) is 0 Å². The first-order chi connectivity index (χ1) is 7.61. The summed E-state index contributed by atoms with van der Waals surface area (Å²) in [7, 11) is 0. The third-order valence-electron chi connectivity index (χ3n) is 3.85. The maximum absolute atomic E-state index is 8.82. The van der Waals surface area contributed by atoms with Crippen LogP contribution in [-0.4, -0.2) is 0 Å². The van der Waals surface area contributed by atoms with Gasteiger partial charge >= 0.3 is 114 Å². The molecule has 5 heteroatoms. The maximum atomic E-state index is 8.82. The Morgan fingerprint density at radius 2 is 2.00 bits per heavy atom. The molecule has 0 amide bonds. The first-order valence-corrected chi connectivity index (χ1v) is 20.4. The predicted molar refractivity (Wildman–Crippen MR) is 63.7 cm³/mol. The van der Waals surface area contributed by atoms with Crippen LogP contribution in [0.5, 0.6) is 0 Å². The second-order valence-electron chi connectivity index (χ2n) is 4.75. The Labute approximate surface area is 113 Å². The zero-order chi connectivity index (χ0) is 11.8. The van der Waals surface area contributed by atoms with E-state index in [1.165, 1.54) is 5.56 Å². The summed E-state index contributed by atoms with van der Waals surface area (Å²) in [6.07, 6.45) is 0. The van der Waals surface area contributed by atoms with E-state index in [2.05, 4.69) is 47.9 Å². The Morgan fingerprint density at radius 3 is 2.44 bits per heavy atom. The van der Waals surface area contributed by atoms with Crippen LogP contribution in [0.25, 0.3) is 10.4 Å². The Kier molecular flexibility index (Phi) is 3.35. The molecule has 1 aliphatic rings. The third-order valence-corrected chi connectivity index (χ3v) is 17.0. The van der Waals surface area contributed by atoms with E-state index < -0.39 is 22.1 Å². The second-order valence-corrected chi connectivity index (χ2v) is 14.8. The fraction of sp³-hybridized carbons (Fsp3) is 0.455. The fourth-order valence-electron chi connectivity index (χ4n) is 2.74. The summed E-state index contributed by atoms with van der Waals surface area (Å²) >= 11 is 2.64. The van der Waals surface area contributed by atoms with Crippen molar-refractivity contribution in [2.45, 2.75) is 22.8 Å². The topological polar surface area (TPSA) is 48.8 Å². The normalized spacial score (nSPS) is 30.1. The van der Waals surface area contributed by atoms with Gasteiger partial charge in [0.2, 0.25) is 0 Å². The van der Waals surface area contributed by atoms with Crippen molar-refractivity contribution in [2.24, 2.45) is 10.5 Å². The Balaban J connectivity index is 2.52. The van der Waals surface area contributed by atoms with Crippen molar-refractivity contribution in [1.29, 1.82) is 0 Å². The van der Waals surface area contributed by atoms with Crippen LogP contribution in [0, 0.1) is 5.41 Å². The van der Waals surface area contributed by atoms with Crippen molar-refractivity contribution in [3.8, 4) is 0 Å². The van der Waals surface area contributed by atoms with Gasteiger partial charge in [-0.15, -0.1) is 0 Å². The van der Waals surface area contributed by atoms with Gasteiger partial charge in [0.05, 0.1) is 0 Å². The standard InChI is InChI=1S/C11H12N3.BrH.Hg/c1-10(2)8-11(10,13-14-12)9-6-4-3-5-7-9;;/h3-8H,1-2H3;1H;/q;;+1/p-1/t11-;;/m1../s1. The van der Waals surface area contributed by atoms with Crippen molar-refractivity contribution >= 4 is 11.9 Å². The second kappa shape index (κ2) is 4.32. The number of hydrogen-bond donors (Lipinski definition) is 0. The number of azide groups is 1. The molecule has 2 rings (SSSR count). The van der Waals surface area contributed by atoms with E-state index in [0.717, 1.165) is 0 Å². The van der Waals surface area contributed by atoms with Crippen LogP contribution < -0.4 is 0 Å². The van der Waals surface area contributed by atoms with Crippen LogP contribution in [0.15, 0.2) is 35.4 Å². The van der Waals surface area contributed by atoms with Crippen LogP contribution in [-0.2, 0) is 27.7 Å². The third kappa shape index (κ3) is 1.54. The SMILES string of the molecule is CC1(C)[C@H]([Hg][Br])[C@@]1(N=[N+]=[N-])c1ccccc1. The molecule has 0 unspecified atom stereocenters. The van der Waals surface area contributed by atoms with Crippen molar-refractivity contribution < 1.29 is 22.1 Å². The molecule has 3 nitrogen and oxygen atoms in total. The van der Waals surface area contributed by atoms with Gasteiger partial charge in [-0.05, 0) is 0 Å². The Morgan fingerprint density at radius 1 is 1.38 bits per heavy atom. The quantitative estimate of drug-likeness (QED) is 0.274. The zero-order valence-electron chi connectivity index (χ0n) is 9.39. The van der Waals surface area contributed by atoms with Crippen LogP contribution in [0.2, 0.25) is 3.43 Å². The van der Waals surface area contributed by atoms with Gasteiger partial charge in [-0.2, -0.15) is 0 Å². The van der Waals surface area contributed by atoms with Crippen LogP contribution in [0.4, 0.5) is 0 Å². The fourth-order valence-corrected chi connectivity index (χ4v) is 20.4. The van der Waals surface area contributed by atoms with E-state index in [0.29, 0.717) is 3.43 Å². The predicted octanol–water partition coefficient (Wildman–Crippen LogP) is 4.41. The molecule has 80 valence electrons. The van der Waals surface area contributed by atoms with E-state index in [1.54, 1.807) is 0 Å². The molecule has 0 bridgehead atoms. The number of nitrogens with zero attached hydrogens (tertiary/aromatic N) is 3. The number of hydrogen-bond acceptors (Lipinski definition) is 1. The first-order valence-electron chi connectivity index (χ1n) is 5.29. The molecule has 1 saturated carbocycles. The van der Waals surface area contributed by atoms with Crippen LogP contribution >= 0.6 is 11.9 Å². The molecule has 16 heavy (non-hydrogen) atoms. The summed E-state index contributed by atoms with van der Waals surface area (Å²) in [5.74, 6) is 0. The van der Waals surface area contributed by atoms with Gasteiger partial charge in [0.15, 0.2) is 0 Å². The van der Waals surface area contributed by atoms with Crippen molar-refractivity contribution in [2.75, 3.05) is 0 Å². The van der Waals surface area contributed by atoms with E-state index in [9.17, 15) is 0 Å². The molecule has 0 N–H and O–H groups in total. The molecule has 1 aromatic rings. The average Bonchev–Trinajstić information content (AvgIpc) is 2.77. The van der Waals surface area contributed by atoms with Gasteiger partial charge in [-0.3, -0.25) is 0 Å². The van der Waals surface area contributed by atoms with Gasteiger partial charge in [-0.1, -0.05) is 0 Å². The van der Waals surface area contributed by atoms with E-state index >= 15 is 0 Å². The molecule has 0 aliphatic heterocycles. The van der Waals surface area contributed by atoms with Crippen molar-refractivity contribution in [3.05, 3.63) is 46.3 Å². The molecule has 0 aromatic heterocycles. The summed E-state index contributed by atoms with van der Waals surface area (Å²) in [6, 6.07) is 10.2. The molecule has 1 aliphatic carbocycles. The number of halogens is 1. The summed E-state index contributed by atoms with van der Waals surface area (Å²) in [5, 5.41) is 4.15. The average molecular weight is 467 g/mol. The van der Waals surface area contributed by atoms with Gasteiger partial charge in [0.1, 0.15) is 0 Å². The number of benzene rings is 1. The van der Waals surface area contributed by atoms with E-state index in [-0.39, 0.29) is 11.0 Å². The molecule has 1 aromatic carbocycles. The summed E-state index contributed by atoms with van der Waals surface area (Å²) < 4.78 is 0.582. The Bertz CT molecular complexity index is 442. The summed E-state index contributed by atoms with van der Waals surface area (Å²) in [4.78, 5) is 3.08. The minimum atomic E-state index is -1.10. The minimum absolute atomic E-state index is 0.117. The van der Waals surface area contributed by atoms with Crippen molar-refractivity contribution in [1.82, 2.24) is 0 Å². The van der Waals surface area contributed by atoms with Gasteiger partial charge in [0, 0.05) is 0 Å². The molecule has 1 fully saturated rings. The van der Waals surface area contributed by atoms with E-state index in [4.69, 9.17) is 5.53 Å².